The maximum absolute atomic E-state index is 9.53. The summed E-state index contributed by atoms with van der Waals surface area (Å²) in [6, 6.07) is 5.95. The standard InChI is InChI=1S/C12H18O/c1-8(2)10(4)11-6-5-9(3)12(13)7-11/h5-8,10,13H,1-4H3/t10-/m0/s1. The first kappa shape index (κ1) is 10.1. The fraction of sp³-hybridized carbons (Fsp3) is 0.500. The third-order valence-corrected chi connectivity index (χ3v) is 2.76. The summed E-state index contributed by atoms with van der Waals surface area (Å²) in [6.07, 6.45) is 0. The Balaban J connectivity index is 2.97. The van der Waals surface area contributed by atoms with Gasteiger partial charge in [0.15, 0.2) is 0 Å². The number of phenolic OH excluding ortho intramolecular Hbond substituents is 1. The molecule has 0 saturated heterocycles. The molecule has 0 bridgehead atoms. The molecule has 0 fully saturated rings. The van der Waals surface area contributed by atoms with Gasteiger partial charge < -0.3 is 5.11 Å². The van der Waals surface area contributed by atoms with Gasteiger partial charge in [0.2, 0.25) is 0 Å². The number of hydrogen-bond acceptors (Lipinski definition) is 1. The highest BCUT2D eigenvalue weighted by Gasteiger charge is 2.10. The van der Waals surface area contributed by atoms with E-state index in [2.05, 4.69) is 26.8 Å². The first-order valence-corrected chi connectivity index (χ1v) is 4.82. The zero-order valence-electron chi connectivity index (χ0n) is 8.83. The summed E-state index contributed by atoms with van der Waals surface area (Å²) in [5, 5.41) is 9.53. The Kier molecular flexibility index (Phi) is 2.97. The summed E-state index contributed by atoms with van der Waals surface area (Å²) in [7, 11) is 0. The molecule has 0 aromatic heterocycles. The first-order valence-electron chi connectivity index (χ1n) is 4.82. The monoisotopic (exact) mass is 178 g/mol. The van der Waals surface area contributed by atoms with Crippen molar-refractivity contribution in [2.45, 2.75) is 33.6 Å². The second kappa shape index (κ2) is 3.82. The van der Waals surface area contributed by atoms with Crippen molar-refractivity contribution in [2.75, 3.05) is 0 Å². The normalized spacial score (nSPS) is 13.3. The number of hydrogen-bond donors (Lipinski definition) is 1. The molecule has 1 N–H and O–H groups in total. The lowest BCUT2D eigenvalue weighted by atomic mass is 9.90. The van der Waals surface area contributed by atoms with E-state index in [1.54, 1.807) is 0 Å². The van der Waals surface area contributed by atoms with Crippen molar-refractivity contribution in [3.05, 3.63) is 29.3 Å². The van der Waals surface area contributed by atoms with Crippen molar-refractivity contribution in [1.82, 2.24) is 0 Å². The van der Waals surface area contributed by atoms with E-state index in [-0.39, 0.29) is 0 Å². The molecule has 1 aromatic rings. The lowest BCUT2D eigenvalue weighted by molar-refractivity contribution is 0.466. The summed E-state index contributed by atoms with van der Waals surface area (Å²) < 4.78 is 0. The van der Waals surface area contributed by atoms with Crippen LogP contribution in [0.5, 0.6) is 5.75 Å². The Morgan fingerprint density at radius 2 is 1.77 bits per heavy atom. The molecule has 1 heteroatoms. The van der Waals surface area contributed by atoms with Gasteiger partial charge in [0, 0.05) is 0 Å². The number of aryl methyl sites for hydroxylation is 1. The minimum Gasteiger partial charge on any atom is -0.508 e. The van der Waals surface area contributed by atoms with Gasteiger partial charge in [-0.3, -0.25) is 0 Å². The Labute approximate surface area is 80.4 Å². The second-order valence-corrected chi connectivity index (χ2v) is 4.08. The van der Waals surface area contributed by atoms with E-state index < -0.39 is 0 Å². The summed E-state index contributed by atoms with van der Waals surface area (Å²) in [4.78, 5) is 0. The van der Waals surface area contributed by atoms with Crippen LogP contribution in [0.15, 0.2) is 18.2 Å². The minimum absolute atomic E-state index is 0.407. The Hall–Kier alpha value is -0.980. The lowest BCUT2D eigenvalue weighted by Gasteiger charge is -2.16. The second-order valence-electron chi connectivity index (χ2n) is 4.08. The van der Waals surface area contributed by atoms with Gasteiger partial charge in [-0.05, 0) is 36.0 Å². The largest absolute Gasteiger partial charge is 0.508 e. The summed E-state index contributed by atoms with van der Waals surface area (Å²) in [5.74, 6) is 1.53. The zero-order chi connectivity index (χ0) is 10.0. The molecule has 0 aliphatic carbocycles. The molecule has 0 spiro atoms. The molecule has 72 valence electrons. The Bertz CT molecular complexity index is 289. The van der Waals surface area contributed by atoms with Crippen LogP contribution >= 0.6 is 0 Å². The van der Waals surface area contributed by atoms with Gasteiger partial charge in [-0.1, -0.05) is 32.9 Å². The summed E-state index contributed by atoms with van der Waals surface area (Å²) >= 11 is 0. The van der Waals surface area contributed by atoms with Crippen molar-refractivity contribution >= 4 is 0 Å². The molecule has 0 radical (unpaired) electrons. The van der Waals surface area contributed by atoms with Crippen LogP contribution in [0.1, 0.15) is 37.8 Å². The lowest BCUT2D eigenvalue weighted by Crippen LogP contribution is -2.01. The molecule has 0 unspecified atom stereocenters. The van der Waals surface area contributed by atoms with Crippen LogP contribution in [0.4, 0.5) is 0 Å². The van der Waals surface area contributed by atoms with E-state index in [0.717, 1.165) is 5.56 Å². The SMILES string of the molecule is Cc1ccc([C@@H](C)C(C)C)cc1O. The molecule has 1 nitrogen and oxygen atoms in total. The maximum Gasteiger partial charge on any atom is 0.118 e. The average Bonchev–Trinajstić information content (AvgIpc) is 2.08. The van der Waals surface area contributed by atoms with E-state index in [1.165, 1.54) is 5.56 Å². The highest BCUT2D eigenvalue weighted by Crippen LogP contribution is 2.27. The van der Waals surface area contributed by atoms with Crippen LogP contribution in [0.3, 0.4) is 0 Å². The van der Waals surface area contributed by atoms with Crippen LogP contribution in [0.25, 0.3) is 0 Å². The molecule has 0 heterocycles. The third-order valence-electron chi connectivity index (χ3n) is 2.76. The zero-order valence-corrected chi connectivity index (χ0v) is 8.83. The number of benzene rings is 1. The highest BCUT2D eigenvalue weighted by atomic mass is 16.3. The first-order chi connectivity index (χ1) is 6.02. The molecule has 0 aliphatic rings. The van der Waals surface area contributed by atoms with Crippen molar-refractivity contribution in [3.8, 4) is 5.75 Å². The molecule has 0 aliphatic heterocycles. The van der Waals surface area contributed by atoms with E-state index in [9.17, 15) is 5.11 Å². The van der Waals surface area contributed by atoms with Crippen molar-refractivity contribution in [1.29, 1.82) is 0 Å². The van der Waals surface area contributed by atoms with E-state index >= 15 is 0 Å². The van der Waals surface area contributed by atoms with Gasteiger partial charge >= 0.3 is 0 Å². The van der Waals surface area contributed by atoms with E-state index in [0.29, 0.717) is 17.6 Å². The van der Waals surface area contributed by atoms with Crippen LogP contribution in [0.2, 0.25) is 0 Å². The van der Waals surface area contributed by atoms with Crippen molar-refractivity contribution in [2.24, 2.45) is 5.92 Å². The molecule has 13 heavy (non-hydrogen) atoms. The van der Waals surface area contributed by atoms with Crippen molar-refractivity contribution < 1.29 is 5.11 Å². The number of phenols is 1. The summed E-state index contributed by atoms with van der Waals surface area (Å²) in [6.45, 7) is 8.50. The van der Waals surface area contributed by atoms with Gasteiger partial charge in [-0.2, -0.15) is 0 Å². The highest BCUT2D eigenvalue weighted by molar-refractivity contribution is 5.36. The smallest absolute Gasteiger partial charge is 0.118 e. The number of rotatable bonds is 2. The molecular weight excluding hydrogens is 160 g/mol. The fourth-order valence-electron chi connectivity index (χ4n) is 1.29. The van der Waals surface area contributed by atoms with Gasteiger partial charge in [-0.25, -0.2) is 0 Å². The molecule has 1 aromatic carbocycles. The van der Waals surface area contributed by atoms with E-state index in [4.69, 9.17) is 0 Å². The third kappa shape index (κ3) is 2.24. The van der Waals surface area contributed by atoms with Crippen molar-refractivity contribution in [3.63, 3.8) is 0 Å². The van der Waals surface area contributed by atoms with Gasteiger partial charge in [0.1, 0.15) is 5.75 Å². The van der Waals surface area contributed by atoms with Crippen LogP contribution in [0, 0.1) is 12.8 Å². The topological polar surface area (TPSA) is 20.2 Å². The number of aromatic hydroxyl groups is 1. The van der Waals surface area contributed by atoms with Gasteiger partial charge in [0.25, 0.3) is 0 Å². The van der Waals surface area contributed by atoms with Crippen LogP contribution < -0.4 is 0 Å². The molecule has 0 amide bonds. The van der Waals surface area contributed by atoms with Gasteiger partial charge in [0.05, 0.1) is 0 Å². The quantitative estimate of drug-likeness (QED) is 0.735. The Morgan fingerprint density at radius 3 is 2.23 bits per heavy atom. The predicted molar refractivity (Wildman–Crippen MR) is 56.1 cm³/mol. The predicted octanol–water partition coefficient (Wildman–Crippen LogP) is 3.46. The van der Waals surface area contributed by atoms with Crippen LogP contribution in [-0.2, 0) is 0 Å². The minimum atomic E-state index is 0.407. The molecule has 0 saturated carbocycles. The average molecular weight is 178 g/mol. The van der Waals surface area contributed by atoms with E-state index in [1.807, 2.05) is 19.1 Å². The molecule has 1 atom stereocenters. The van der Waals surface area contributed by atoms with Gasteiger partial charge in [-0.15, -0.1) is 0 Å². The maximum atomic E-state index is 9.53. The molecule has 1 rings (SSSR count). The van der Waals surface area contributed by atoms with Crippen LogP contribution in [-0.4, -0.2) is 5.11 Å². The fourth-order valence-corrected chi connectivity index (χ4v) is 1.29. The summed E-state index contributed by atoms with van der Waals surface area (Å²) in [5.41, 5.74) is 2.16. The Morgan fingerprint density at radius 1 is 1.15 bits per heavy atom. The molecular formula is C12H18O.